The molecule has 1 aliphatic rings. The maximum Gasteiger partial charge on any atom is 0.425 e. The molecule has 0 unspecified atom stereocenters. The second-order valence-electron chi connectivity index (χ2n) is 7.13. The van der Waals surface area contributed by atoms with E-state index in [2.05, 4.69) is 20.4 Å². The van der Waals surface area contributed by atoms with Gasteiger partial charge in [0.15, 0.2) is 0 Å². The number of ether oxygens (including phenoxy) is 2. The fourth-order valence-electron chi connectivity index (χ4n) is 3.23. The van der Waals surface area contributed by atoms with Gasteiger partial charge < -0.3 is 14.8 Å². The molecule has 1 aliphatic heterocycles. The van der Waals surface area contributed by atoms with Crippen LogP contribution in [0, 0.1) is 0 Å². The Labute approximate surface area is 182 Å². The molecule has 0 spiro atoms. The van der Waals surface area contributed by atoms with E-state index in [0.29, 0.717) is 34.3 Å². The van der Waals surface area contributed by atoms with Crippen molar-refractivity contribution in [1.82, 2.24) is 15.1 Å². The molecule has 2 N–H and O–H groups in total. The Kier molecular flexibility index (Phi) is 6.79. The lowest BCUT2D eigenvalue weighted by Crippen LogP contribution is -2.37. The molecule has 0 bridgehead atoms. The van der Waals surface area contributed by atoms with Gasteiger partial charge in [-0.3, -0.25) is 10.00 Å². The third-order valence-electron chi connectivity index (χ3n) is 4.84. The van der Waals surface area contributed by atoms with Crippen molar-refractivity contribution in [1.29, 1.82) is 0 Å². The lowest BCUT2D eigenvalue weighted by Gasteiger charge is -2.26. The van der Waals surface area contributed by atoms with E-state index in [1.54, 1.807) is 6.07 Å². The molecule has 3 heterocycles. The number of anilines is 2. The van der Waals surface area contributed by atoms with Gasteiger partial charge in [-0.2, -0.15) is 18.3 Å². The summed E-state index contributed by atoms with van der Waals surface area (Å²) in [4.78, 5) is 2.19. The Bertz CT molecular complexity index is 966. The van der Waals surface area contributed by atoms with E-state index < -0.39 is 11.1 Å². The highest BCUT2D eigenvalue weighted by atomic mass is 32.1. The minimum Gasteiger partial charge on any atom is -0.494 e. The van der Waals surface area contributed by atoms with Crippen LogP contribution in [-0.4, -0.2) is 54.6 Å². The molecule has 31 heavy (non-hydrogen) atoms. The quantitative estimate of drug-likeness (QED) is 0.471. The van der Waals surface area contributed by atoms with Crippen molar-refractivity contribution in [3.63, 3.8) is 0 Å². The molecule has 166 valence electrons. The molecule has 1 fully saturated rings. The zero-order chi connectivity index (χ0) is 21.7. The van der Waals surface area contributed by atoms with Crippen LogP contribution >= 0.6 is 11.3 Å². The van der Waals surface area contributed by atoms with Gasteiger partial charge in [0.2, 0.25) is 0 Å². The van der Waals surface area contributed by atoms with E-state index >= 15 is 0 Å². The summed E-state index contributed by atoms with van der Waals surface area (Å²) in [7, 11) is 0. The third kappa shape index (κ3) is 5.99. The largest absolute Gasteiger partial charge is 0.494 e. The maximum atomic E-state index is 12.8. The van der Waals surface area contributed by atoms with Crippen LogP contribution in [0.3, 0.4) is 0 Å². The number of halogens is 3. The number of thiophene rings is 1. The minimum atomic E-state index is -4.34. The van der Waals surface area contributed by atoms with Crippen LogP contribution in [-0.2, 0) is 10.9 Å². The third-order valence-corrected chi connectivity index (χ3v) is 5.99. The molecule has 4 rings (SSSR count). The first-order chi connectivity index (χ1) is 15.0. The highest BCUT2D eigenvalue weighted by molar-refractivity contribution is 7.15. The van der Waals surface area contributed by atoms with Crippen molar-refractivity contribution < 1.29 is 22.6 Å². The molecular weight excluding hydrogens is 429 g/mol. The van der Waals surface area contributed by atoms with E-state index in [9.17, 15) is 13.2 Å². The molecule has 10 heteroatoms. The highest BCUT2D eigenvalue weighted by Gasteiger charge is 2.32. The van der Waals surface area contributed by atoms with Crippen molar-refractivity contribution in [2.24, 2.45) is 0 Å². The van der Waals surface area contributed by atoms with Crippen LogP contribution in [0.5, 0.6) is 5.75 Å². The van der Waals surface area contributed by atoms with Gasteiger partial charge in [0.25, 0.3) is 0 Å². The summed E-state index contributed by atoms with van der Waals surface area (Å²) in [5.41, 5.74) is 1.28. The van der Waals surface area contributed by atoms with Crippen LogP contribution in [0.1, 0.15) is 11.3 Å². The number of morpholine rings is 1. The van der Waals surface area contributed by atoms with Crippen molar-refractivity contribution in [2.75, 3.05) is 44.8 Å². The first-order valence-electron chi connectivity index (χ1n) is 10.0. The Morgan fingerprint density at radius 2 is 1.90 bits per heavy atom. The minimum absolute atomic E-state index is 0.456. The van der Waals surface area contributed by atoms with Gasteiger partial charge in [0.1, 0.15) is 22.1 Å². The number of benzene rings is 1. The lowest BCUT2D eigenvalue weighted by atomic mass is 10.3. The number of alkyl halides is 3. The first kappa shape index (κ1) is 21.7. The molecule has 3 aromatic rings. The smallest absolute Gasteiger partial charge is 0.425 e. The van der Waals surface area contributed by atoms with E-state index in [1.165, 1.54) is 6.07 Å². The summed E-state index contributed by atoms with van der Waals surface area (Å²) in [6.07, 6.45) is -3.39. The Hall–Kier alpha value is -2.56. The molecule has 0 amide bonds. The fourth-order valence-corrected chi connectivity index (χ4v) is 4.07. The van der Waals surface area contributed by atoms with Crippen molar-refractivity contribution in [3.05, 3.63) is 47.3 Å². The molecule has 0 atom stereocenters. The Balaban J connectivity index is 1.26. The summed E-state index contributed by atoms with van der Waals surface area (Å²) >= 11 is 0.672. The Morgan fingerprint density at radius 3 is 2.61 bits per heavy atom. The number of nitrogens with zero attached hydrogens (tertiary/aromatic N) is 2. The summed E-state index contributed by atoms with van der Waals surface area (Å²) in [6, 6.07) is 11.7. The second-order valence-corrected chi connectivity index (χ2v) is 8.22. The van der Waals surface area contributed by atoms with Gasteiger partial charge in [-0.1, -0.05) is 0 Å². The highest BCUT2D eigenvalue weighted by Crippen LogP contribution is 2.38. The molecule has 6 nitrogen and oxygen atoms in total. The Morgan fingerprint density at radius 1 is 1.13 bits per heavy atom. The molecule has 1 saturated heterocycles. The van der Waals surface area contributed by atoms with Gasteiger partial charge in [0.05, 0.1) is 24.7 Å². The van der Waals surface area contributed by atoms with Crippen LogP contribution in [0.2, 0.25) is 0 Å². The SMILES string of the molecule is FC(F)(F)c1ccc(-c2cc(Nc3ccc(OCCCN4CCOCC4)cc3)[nH]n2)s1. The number of H-pyrrole nitrogens is 1. The standard InChI is InChI=1S/C21H23F3N4O2S/c22-21(23,24)19-7-6-18(31-19)17-14-20(27-26-17)25-15-2-4-16(5-3-15)30-11-1-8-28-9-12-29-13-10-28/h2-7,14H,1,8-13H2,(H2,25,26,27). The lowest BCUT2D eigenvalue weighted by molar-refractivity contribution is -0.134. The number of rotatable bonds is 8. The van der Waals surface area contributed by atoms with Gasteiger partial charge in [0, 0.05) is 31.4 Å². The van der Waals surface area contributed by atoms with E-state index in [-0.39, 0.29) is 0 Å². The van der Waals surface area contributed by atoms with Crippen molar-refractivity contribution >= 4 is 22.8 Å². The van der Waals surface area contributed by atoms with Crippen LogP contribution in [0.15, 0.2) is 42.5 Å². The van der Waals surface area contributed by atoms with Gasteiger partial charge in [-0.25, -0.2) is 0 Å². The van der Waals surface area contributed by atoms with Crippen molar-refractivity contribution in [3.8, 4) is 16.3 Å². The maximum absolute atomic E-state index is 12.8. The van der Waals surface area contributed by atoms with Crippen molar-refractivity contribution in [2.45, 2.75) is 12.6 Å². The molecule has 0 radical (unpaired) electrons. The number of hydrogen-bond donors (Lipinski definition) is 2. The normalized spacial score (nSPS) is 15.2. The zero-order valence-corrected chi connectivity index (χ0v) is 17.6. The predicted octanol–water partition coefficient (Wildman–Crippen LogP) is 5.00. The number of aromatic nitrogens is 2. The first-order valence-corrected chi connectivity index (χ1v) is 10.8. The van der Waals surface area contributed by atoms with E-state index in [0.717, 1.165) is 56.8 Å². The summed E-state index contributed by atoms with van der Waals surface area (Å²) < 4.78 is 49.5. The molecule has 2 aromatic heterocycles. The fraction of sp³-hybridized carbons (Fsp3) is 0.381. The van der Waals surface area contributed by atoms with Crippen LogP contribution in [0.25, 0.3) is 10.6 Å². The predicted molar refractivity (Wildman–Crippen MR) is 114 cm³/mol. The van der Waals surface area contributed by atoms with Gasteiger partial charge in [-0.05, 0) is 42.8 Å². The molecular formula is C21H23F3N4O2S. The zero-order valence-electron chi connectivity index (χ0n) is 16.7. The average molecular weight is 453 g/mol. The molecule has 0 saturated carbocycles. The topological polar surface area (TPSA) is 62.4 Å². The molecule has 0 aliphatic carbocycles. The average Bonchev–Trinajstić information content (AvgIpc) is 3.43. The summed E-state index contributed by atoms with van der Waals surface area (Å²) in [6.45, 7) is 5.20. The van der Waals surface area contributed by atoms with Gasteiger partial charge >= 0.3 is 6.18 Å². The summed E-state index contributed by atoms with van der Waals surface area (Å²) in [5.74, 6) is 1.38. The van der Waals surface area contributed by atoms with Crippen LogP contribution < -0.4 is 10.1 Å². The second kappa shape index (κ2) is 9.71. The number of nitrogens with one attached hydrogen (secondary N) is 2. The monoisotopic (exact) mass is 452 g/mol. The van der Waals surface area contributed by atoms with E-state index in [1.807, 2.05) is 24.3 Å². The van der Waals surface area contributed by atoms with Gasteiger partial charge in [-0.15, -0.1) is 11.3 Å². The number of hydrogen-bond acceptors (Lipinski definition) is 6. The number of aromatic amines is 1. The summed E-state index contributed by atoms with van der Waals surface area (Å²) in [5, 5.41) is 10.1. The molecule has 1 aromatic carbocycles. The van der Waals surface area contributed by atoms with Crippen LogP contribution in [0.4, 0.5) is 24.7 Å². The van der Waals surface area contributed by atoms with E-state index in [4.69, 9.17) is 9.47 Å².